The van der Waals surface area contributed by atoms with Gasteiger partial charge >= 0.3 is 5.69 Å². The Bertz CT molecular complexity index is 1910. The van der Waals surface area contributed by atoms with Gasteiger partial charge in [-0.2, -0.15) is 0 Å². The maximum Gasteiger partial charge on any atom is 0.333 e. The second kappa shape index (κ2) is 8.28. The standard InChI is InChI=1S/C28H20N4O3S/c1-31-26-18-30-25-12-7-20(19-13-15-29-16-14-19)17-24(25)27(26)32(28(31)33)21-8-10-23(11-9-21)36(34,35)22-5-3-2-4-6-22/h2-18H,1H3. The molecule has 0 saturated carbocycles. The first-order chi connectivity index (χ1) is 17.4. The fourth-order valence-corrected chi connectivity index (χ4v) is 5.75. The highest BCUT2D eigenvalue weighted by Crippen LogP contribution is 2.30. The van der Waals surface area contributed by atoms with Crippen molar-refractivity contribution in [3.8, 4) is 16.8 Å². The van der Waals surface area contributed by atoms with Gasteiger partial charge in [-0.25, -0.2) is 13.2 Å². The van der Waals surface area contributed by atoms with Crippen LogP contribution in [0.25, 0.3) is 38.8 Å². The summed E-state index contributed by atoms with van der Waals surface area (Å²) in [5.74, 6) is 0. The molecule has 0 unspecified atom stereocenters. The summed E-state index contributed by atoms with van der Waals surface area (Å²) < 4.78 is 29.2. The van der Waals surface area contributed by atoms with Crippen LogP contribution < -0.4 is 5.69 Å². The Balaban J connectivity index is 1.55. The zero-order valence-electron chi connectivity index (χ0n) is 19.2. The number of pyridine rings is 2. The van der Waals surface area contributed by atoms with Gasteiger partial charge in [-0.05, 0) is 71.8 Å². The second-order valence-corrected chi connectivity index (χ2v) is 10.4. The van der Waals surface area contributed by atoms with Gasteiger partial charge in [0.1, 0.15) is 0 Å². The molecule has 0 N–H and O–H groups in total. The fourth-order valence-electron chi connectivity index (χ4n) is 4.47. The average molecular weight is 493 g/mol. The summed E-state index contributed by atoms with van der Waals surface area (Å²) in [5.41, 5.74) is 4.45. The van der Waals surface area contributed by atoms with E-state index in [-0.39, 0.29) is 15.5 Å². The van der Waals surface area contributed by atoms with Gasteiger partial charge < -0.3 is 0 Å². The summed E-state index contributed by atoms with van der Waals surface area (Å²) >= 11 is 0. The van der Waals surface area contributed by atoms with Crippen LogP contribution in [0.15, 0.2) is 118 Å². The first-order valence-corrected chi connectivity index (χ1v) is 12.7. The molecule has 0 atom stereocenters. The van der Waals surface area contributed by atoms with E-state index in [1.54, 1.807) is 77.2 Å². The summed E-state index contributed by atoms with van der Waals surface area (Å²) in [4.78, 5) is 22.4. The van der Waals surface area contributed by atoms with E-state index in [0.29, 0.717) is 16.7 Å². The molecule has 3 aromatic heterocycles. The minimum atomic E-state index is -3.66. The van der Waals surface area contributed by atoms with Gasteiger partial charge in [0.15, 0.2) is 0 Å². The summed E-state index contributed by atoms with van der Waals surface area (Å²) in [5, 5.41) is 0.820. The maximum absolute atomic E-state index is 13.4. The molecule has 3 heterocycles. The quantitative estimate of drug-likeness (QED) is 0.354. The number of aromatic nitrogens is 4. The largest absolute Gasteiger partial charge is 0.333 e. The van der Waals surface area contributed by atoms with Crippen molar-refractivity contribution in [1.29, 1.82) is 0 Å². The van der Waals surface area contributed by atoms with Crippen molar-refractivity contribution in [3.63, 3.8) is 0 Å². The highest BCUT2D eigenvalue weighted by molar-refractivity contribution is 7.91. The number of rotatable bonds is 4. The van der Waals surface area contributed by atoms with Crippen LogP contribution in [0.1, 0.15) is 0 Å². The van der Waals surface area contributed by atoms with Crippen molar-refractivity contribution in [3.05, 3.63) is 114 Å². The molecule has 176 valence electrons. The lowest BCUT2D eigenvalue weighted by atomic mass is 10.0. The number of nitrogens with zero attached hydrogens (tertiary/aromatic N) is 4. The van der Waals surface area contributed by atoms with Crippen molar-refractivity contribution >= 4 is 31.8 Å². The number of imidazole rings is 1. The van der Waals surface area contributed by atoms with E-state index in [2.05, 4.69) is 9.97 Å². The van der Waals surface area contributed by atoms with E-state index in [9.17, 15) is 13.2 Å². The number of aryl methyl sites for hydroxylation is 1. The van der Waals surface area contributed by atoms with E-state index in [0.717, 1.165) is 22.0 Å². The molecule has 0 spiro atoms. The van der Waals surface area contributed by atoms with Crippen molar-refractivity contribution < 1.29 is 8.42 Å². The Morgan fingerprint density at radius 1 is 0.778 bits per heavy atom. The normalized spacial score (nSPS) is 11.8. The third-order valence-electron chi connectivity index (χ3n) is 6.36. The van der Waals surface area contributed by atoms with Crippen molar-refractivity contribution in [2.45, 2.75) is 9.79 Å². The zero-order chi connectivity index (χ0) is 24.9. The first kappa shape index (κ1) is 21.9. The van der Waals surface area contributed by atoms with Crippen LogP contribution in [0.4, 0.5) is 0 Å². The van der Waals surface area contributed by atoms with E-state index in [4.69, 9.17) is 0 Å². The number of fused-ring (bicyclic) bond motifs is 3. The van der Waals surface area contributed by atoms with Gasteiger partial charge in [-0.3, -0.25) is 19.1 Å². The molecule has 7 nitrogen and oxygen atoms in total. The van der Waals surface area contributed by atoms with E-state index >= 15 is 0 Å². The minimum Gasteiger partial charge on any atom is -0.293 e. The Morgan fingerprint density at radius 2 is 1.47 bits per heavy atom. The van der Waals surface area contributed by atoms with E-state index in [1.165, 1.54) is 12.1 Å². The summed E-state index contributed by atoms with van der Waals surface area (Å²) in [6.07, 6.45) is 5.17. The van der Waals surface area contributed by atoms with Crippen molar-refractivity contribution in [2.24, 2.45) is 7.05 Å². The van der Waals surface area contributed by atoms with Crippen LogP contribution in [-0.4, -0.2) is 27.5 Å². The topological polar surface area (TPSA) is 86.9 Å². The molecule has 8 heteroatoms. The molecule has 6 rings (SSSR count). The third kappa shape index (κ3) is 3.42. The number of hydrogen-bond acceptors (Lipinski definition) is 5. The highest BCUT2D eigenvalue weighted by atomic mass is 32.2. The first-order valence-electron chi connectivity index (χ1n) is 11.3. The Morgan fingerprint density at radius 3 is 2.19 bits per heavy atom. The van der Waals surface area contributed by atoms with E-state index < -0.39 is 9.84 Å². The van der Waals surface area contributed by atoms with Crippen LogP contribution in [0.3, 0.4) is 0 Å². The lowest BCUT2D eigenvalue weighted by molar-refractivity contribution is 0.596. The van der Waals surface area contributed by atoms with Crippen LogP contribution in [0.5, 0.6) is 0 Å². The molecule has 0 radical (unpaired) electrons. The second-order valence-electron chi connectivity index (χ2n) is 8.45. The fraction of sp³-hybridized carbons (Fsp3) is 0.0357. The zero-order valence-corrected chi connectivity index (χ0v) is 20.1. The van der Waals surface area contributed by atoms with Crippen LogP contribution >= 0.6 is 0 Å². The smallest absolute Gasteiger partial charge is 0.293 e. The van der Waals surface area contributed by atoms with Gasteiger partial charge in [0, 0.05) is 24.8 Å². The molecule has 0 amide bonds. The Hall–Kier alpha value is -4.56. The predicted octanol–water partition coefficient (Wildman–Crippen LogP) is 4.77. The SMILES string of the molecule is Cn1c(=O)n(-c2ccc(S(=O)(=O)c3ccccc3)cc2)c2c3cc(-c4ccncc4)ccc3ncc21. The molecule has 0 aliphatic carbocycles. The highest BCUT2D eigenvalue weighted by Gasteiger charge is 2.20. The molecule has 3 aromatic carbocycles. The van der Waals surface area contributed by atoms with Gasteiger partial charge in [0.05, 0.1) is 38.2 Å². The number of benzene rings is 3. The molecular formula is C28H20N4O3S. The van der Waals surface area contributed by atoms with Crippen LogP contribution in [0, 0.1) is 0 Å². The predicted molar refractivity (Wildman–Crippen MR) is 139 cm³/mol. The number of sulfone groups is 1. The van der Waals surface area contributed by atoms with Gasteiger partial charge in [-0.15, -0.1) is 0 Å². The van der Waals surface area contributed by atoms with Crippen LogP contribution in [-0.2, 0) is 16.9 Å². The van der Waals surface area contributed by atoms with E-state index in [1.807, 2.05) is 30.3 Å². The third-order valence-corrected chi connectivity index (χ3v) is 8.14. The Labute approximate surface area is 206 Å². The molecule has 6 aromatic rings. The molecular weight excluding hydrogens is 472 g/mol. The molecule has 0 aliphatic heterocycles. The molecule has 0 fully saturated rings. The summed E-state index contributed by atoms with van der Waals surface area (Å²) in [7, 11) is -1.96. The molecule has 0 bridgehead atoms. The Kier molecular flexibility index (Phi) is 5.05. The lowest BCUT2D eigenvalue weighted by Crippen LogP contribution is -2.20. The van der Waals surface area contributed by atoms with Gasteiger partial charge in [0.2, 0.25) is 9.84 Å². The minimum absolute atomic E-state index is 0.164. The molecule has 0 saturated heterocycles. The maximum atomic E-state index is 13.4. The average Bonchev–Trinajstić information content (AvgIpc) is 3.19. The van der Waals surface area contributed by atoms with Gasteiger partial charge in [0.25, 0.3) is 0 Å². The monoisotopic (exact) mass is 492 g/mol. The van der Waals surface area contributed by atoms with Crippen molar-refractivity contribution in [1.82, 2.24) is 19.1 Å². The molecule has 36 heavy (non-hydrogen) atoms. The van der Waals surface area contributed by atoms with Crippen LogP contribution in [0.2, 0.25) is 0 Å². The lowest BCUT2D eigenvalue weighted by Gasteiger charge is -2.09. The summed E-state index contributed by atoms with van der Waals surface area (Å²) in [6.45, 7) is 0. The van der Waals surface area contributed by atoms with Crippen molar-refractivity contribution in [2.75, 3.05) is 0 Å². The molecule has 0 aliphatic rings. The summed E-state index contributed by atoms with van der Waals surface area (Å²) in [6, 6.07) is 24.5. The number of hydrogen-bond donors (Lipinski definition) is 0. The van der Waals surface area contributed by atoms with Gasteiger partial charge in [-0.1, -0.05) is 24.3 Å².